The second-order valence-electron chi connectivity index (χ2n) is 6.04. The van der Waals surface area contributed by atoms with Gasteiger partial charge in [0.1, 0.15) is 5.75 Å². The number of benzene rings is 2. The van der Waals surface area contributed by atoms with Gasteiger partial charge in [0.2, 0.25) is 5.91 Å². The lowest BCUT2D eigenvalue weighted by molar-refractivity contribution is -0.124. The summed E-state index contributed by atoms with van der Waals surface area (Å²) >= 11 is 1.49. The molecule has 0 aliphatic carbocycles. The van der Waals surface area contributed by atoms with Crippen LogP contribution in [0.25, 0.3) is 10.9 Å². The quantitative estimate of drug-likeness (QED) is 0.744. The lowest BCUT2D eigenvalue weighted by Crippen LogP contribution is -2.31. The highest BCUT2D eigenvalue weighted by atomic mass is 32.2. The molecule has 1 fully saturated rings. The Hall–Kier alpha value is -2.73. The number of hydrogen-bond acceptors (Lipinski definition) is 4. The molecular formula is C20H19N3O2S. The first kappa shape index (κ1) is 16.7. The Labute approximate surface area is 156 Å². The SMILES string of the molecule is COc1ccc(N=C2SCC(=O)N2CCc2c[nH]c3ccccc23)cc1. The predicted molar refractivity (Wildman–Crippen MR) is 106 cm³/mol. The van der Waals surface area contributed by atoms with E-state index in [-0.39, 0.29) is 5.91 Å². The Balaban J connectivity index is 1.51. The van der Waals surface area contributed by atoms with Crippen molar-refractivity contribution in [1.82, 2.24) is 9.88 Å². The zero-order valence-electron chi connectivity index (χ0n) is 14.4. The van der Waals surface area contributed by atoms with E-state index < -0.39 is 0 Å². The van der Waals surface area contributed by atoms with Crippen molar-refractivity contribution in [2.75, 3.05) is 19.4 Å². The third kappa shape index (κ3) is 3.32. The largest absolute Gasteiger partial charge is 0.497 e. The Kier molecular flexibility index (Phi) is 4.67. The van der Waals surface area contributed by atoms with Gasteiger partial charge in [0, 0.05) is 23.6 Å². The summed E-state index contributed by atoms with van der Waals surface area (Å²) in [6.07, 6.45) is 2.82. The molecule has 0 atom stereocenters. The van der Waals surface area contributed by atoms with Gasteiger partial charge in [0.15, 0.2) is 5.17 Å². The fraction of sp³-hybridized carbons (Fsp3) is 0.200. The standard InChI is InChI=1S/C20H19N3O2S/c1-25-16-8-6-15(7-9-16)22-20-23(19(24)13-26-20)11-10-14-12-21-18-5-3-2-4-17(14)18/h2-9,12,21H,10-11,13H2,1H3. The Morgan fingerprint density at radius 3 is 2.81 bits per heavy atom. The van der Waals surface area contributed by atoms with Crippen LogP contribution >= 0.6 is 11.8 Å². The average Bonchev–Trinajstić information content (AvgIpc) is 3.24. The summed E-state index contributed by atoms with van der Waals surface area (Å²) in [5.74, 6) is 1.35. The first-order chi connectivity index (χ1) is 12.7. The Morgan fingerprint density at radius 1 is 1.19 bits per heavy atom. The van der Waals surface area contributed by atoms with E-state index in [4.69, 9.17) is 4.74 Å². The fourth-order valence-corrected chi connectivity index (χ4v) is 3.97. The molecule has 0 saturated carbocycles. The number of aromatic amines is 1. The summed E-state index contributed by atoms with van der Waals surface area (Å²) in [4.78, 5) is 22.0. The number of nitrogens with zero attached hydrogens (tertiary/aromatic N) is 2. The minimum atomic E-state index is 0.113. The van der Waals surface area contributed by atoms with Crippen molar-refractivity contribution in [2.24, 2.45) is 4.99 Å². The summed E-state index contributed by atoms with van der Waals surface area (Å²) in [5, 5.41) is 1.97. The fourth-order valence-electron chi connectivity index (χ4n) is 3.04. The van der Waals surface area contributed by atoms with Crippen LogP contribution in [0.5, 0.6) is 5.75 Å². The van der Waals surface area contributed by atoms with Crippen molar-refractivity contribution in [3.8, 4) is 5.75 Å². The number of amides is 1. The topological polar surface area (TPSA) is 57.7 Å². The van der Waals surface area contributed by atoms with Crippen molar-refractivity contribution in [2.45, 2.75) is 6.42 Å². The number of hydrogen-bond donors (Lipinski definition) is 1. The average molecular weight is 365 g/mol. The van der Waals surface area contributed by atoms with Gasteiger partial charge in [0.05, 0.1) is 18.6 Å². The number of nitrogens with one attached hydrogen (secondary N) is 1. The van der Waals surface area contributed by atoms with Gasteiger partial charge >= 0.3 is 0 Å². The van der Waals surface area contributed by atoms with E-state index in [0.717, 1.165) is 28.5 Å². The zero-order valence-corrected chi connectivity index (χ0v) is 15.3. The van der Waals surface area contributed by atoms with Crippen LogP contribution in [0.2, 0.25) is 0 Å². The van der Waals surface area contributed by atoms with E-state index in [1.165, 1.54) is 22.7 Å². The lowest BCUT2D eigenvalue weighted by Gasteiger charge is -2.15. The lowest BCUT2D eigenvalue weighted by atomic mass is 10.1. The number of fused-ring (bicyclic) bond motifs is 1. The van der Waals surface area contributed by atoms with Crippen LogP contribution in [0.15, 0.2) is 59.7 Å². The molecule has 26 heavy (non-hydrogen) atoms. The van der Waals surface area contributed by atoms with Crippen LogP contribution in [0, 0.1) is 0 Å². The van der Waals surface area contributed by atoms with Crippen LogP contribution in [0.3, 0.4) is 0 Å². The third-order valence-corrected chi connectivity index (χ3v) is 5.39. The molecule has 4 rings (SSSR count). The monoisotopic (exact) mass is 365 g/mol. The van der Waals surface area contributed by atoms with E-state index >= 15 is 0 Å². The molecule has 0 spiro atoms. The van der Waals surface area contributed by atoms with Gasteiger partial charge < -0.3 is 9.72 Å². The molecule has 1 aliphatic heterocycles. The van der Waals surface area contributed by atoms with E-state index in [9.17, 15) is 4.79 Å². The molecule has 5 nitrogen and oxygen atoms in total. The highest BCUT2D eigenvalue weighted by molar-refractivity contribution is 8.15. The number of aliphatic imine (C=N–C) groups is 1. The molecule has 1 aliphatic rings. The maximum Gasteiger partial charge on any atom is 0.239 e. The van der Waals surface area contributed by atoms with E-state index in [1.54, 1.807) is 12.0 Å². The summed E-state index contributed by atoms with van der Waals surface area (Å²) in [7, 11) is 1.64. The van der Waals surface area contributed by atoms with Crippen LogP contribution in [-0.4, -0.2) is 40.4 Å². The number of para-hydroxylation sites is 1. The number of thioether (sulfide) groups is 1. The smallest absolute Gasteiger partial charge is 0.239 e. The molecule has 0 radical (unpaired) electrons. The van der Waals surface area contributed by atoms with Gasteiger partial charge in [-0.1, -0.05) is 30.0 Å². The Bertz CT molecular complexity index is 963. The molecule has 3 aromatic rings. The summed E-state index contributed by atoms with van der Waals surface area (Å²) in [6.45, 7) is 0.628. The molecule has 0 unspecified atom stereocenters. The van der Waals surface area contributed by atoms with Crippen molar-refractivity contribution in [1.29, 1.82) is 0 Å². The molecule has 0 bridgehead atoms. The second kappa shape index (κ2) is 7.25. The third-order valence-electron chi connectivity index (χ3n) is 4.43. The molecular weight excluding hydrogens is 346 g/mol. The highest BCUT2D eigenvalue weighted by Crippen LogP contribution is 2.26. The molecule has 1 aromatic heterocycles. The van der Waals surface area contributed by atoms with E-state index in [0.29, 0.717) is 12.3 Å². The number of carbonyl (C=O) groups is 1. The molecule has 1 amide bonds. The number of H-pyrrole nitrogens is 1. The van der Waals surface area contributed by atoms with Crippen molar-refractivity contribution in [3.05, 3.63) is 60.3 Å². The maximum absolute atomic E-state index is 12.3. The predicted octanol–water partition coefficient (Wildman–Crippen LogP) is 3.98. The highest BCUT2D eigenvalue weighted by Gasteiger charge is 2.28. The molecule has 1 saturated heterocycles. The number of carbonyl (C=O) groups excluding carboxylic acids is 1. The minimum Gasteiger partial charge on any atom is -0.497 e. The molecule has 132 valence electrons. The van der Waals surface area contributed by atoms with Crippen LogP contribution < -0.4 is 4.74 Å². The first-order valence-corrected chi connectivity index (χ1v) is 9.44. The Morgan fingerprint density at radius 2 is 2.00 bits per heavy atom. The number of rotatable bonds is 5. The summed E-state index contributed by atoms with van der Waals surface area (Å²) in [6, 6.07) is 15.8. The summed E-state index contributed by atoms with van der Waals surface area (Å²) < 4.78 is 5.17. The zero-order chi connectivity index (χ0) is 17.9. The van der Waals surface area contributed by atoms with Crippen LogP contribution in [-0.2, 0) is 11.2 Å². The van der Waals surface area contributed by atoms with E-state index in [2.05, 4.69) is 22.1 Å². The molecule has 2 heterocycles. The van der Waals surface area contributed by atoms with Crippen LogP contribution in [0.4, 0.5) is 5.69 Å². The second-order valence-corrected chi connectivity index (χ2v) is 6.98. The number of ether oxygens (including phenoxy) is 1. The minimum absolute atomic E-state index is 0.113. The van der Waals surface area contributed by atoms with Crippen molar-refractivity contribution in [3.63, 3.8) is 0 Å². The van der Waals surface area contributed by atoms with Gasteiger partial charge in [0.25, 0.3) is 0 Å². The number of aromatic nitrogens is 1. The van der Waals surface area contributed by atoms with Gasteiger partial charge in [-0.2, -0.15) is 0 Å². The maximum atomic E-state index is 12.3. The summed E-state index contributed by atoms with van der Waals surface area (Å²) in [5.41, 5.74) is 3.16. The van der Waals surface area contributed by atoms with Crippen molar-refractivity contribution >= 4 is 39.4 Å². The van der Waals surface area contributed by atoms with Gasteiger partial charge in [-0.25, -0.2) is 4.99 Å². The molecule has 6 heteroatoms. The van der Waals surface area contributed by atoms with Gasteiger partial charge in [-0.05, 0) is 42.3 Å². The van der Waals surface area contributed by atoms with Crippen molar-refractivity contribution < 1.29 is 9.53 Å². The number of methoxy groups -OCH3 is 1. The van der Waals surface area contributed by atoms with Gasteiger partial charge in [-0.15, -0.1) is 0 Å². The van der Waals surface area contributed by atoms with E-state index in [1.807, 2.05) is 42.6 Å². The number of amidine groups is 1. The molecule has 2 aromatic carbocycles. The van der Waals surface area contributed by atoms with Crippen LogP contribution in [0.1, 0.15) is 5.56 Å². The van der Waals surface area contributed by atoms with Gasteiger partial charge in [-0.3, -0.25) is 9.69 Å². The molecule has 1 N–H and O–H groups in total. The normalized spacial score (nSPS) is 16.0. The first-order valence-electron chi connectivity index (χ1n) is 8.45.